The van der Waals surface area contributed by atoms with Gasteiger partial charge in [-0.3, -0.25) is 9.88 Å². The van der Waals surface area contributed by atoms with Crippen molar-refractivity contribution >= 4 is 10.0 Å². The minimum absolute atomic E-state index is 0.0594. The molecule has 0 radical (unpaired) electrons. The molecule has 1 aromatic rings. The summed E-state index contributed by atoms with van der Waals surface area (Å²) in [6.07, 6.45) is 4.37. The van der Waals surface area contributed by atoms with Crippen LogP contribution in [-0.4, -0.2) is 54.3 Å². The lowest BCUT2D eigenvalue weighted by atomic mass is 10.1. The molecule has 0 bridgehead atoms. The molecular weight excluding hydrogens is 281 g/mol. The van der Waals surface area contributed by atoms with Crippen LogP contribution in [0.1, 0.15) is 19.8 Å². The normalized spacial score (nSPS) is 28.5. The van der Waals surface area contributed by atoms with Crippen molar-refractivity contribution in [2.75, 3.05) is 19.6 Å². The van der Waals surface area contributed by atoms with Crippen molar-refractivity contribution in [1.29, 1.82) is 0 Å². The molecule has 2 saturated heterocycles. The number of hydrogen-bond donors (Lipinski definition) is 0. The summed E-state index contributed by atoms with van der Waals surface area (Å²) >= 11 is 0. The standard InChI is InChI=1S/C13H18FN3O2S/c1-10-8-16-4-2-3-12(16)9-17(10)20(18,19)13-5-11(14)6-15-7-13/h5-7,10,12H,2-4,8-9H2,1H3/t10-,12+/m0/s1. The summed E-state index contributed by atoms with van der Waals surface area (Å²) in [5.74, 6) is -0.627. The van der Waals surface area contributed by atoms with Crippen LogP contribution in [0.2, 0.25) is 0 Å². The third-order valence-electron chi connectivity index (χ3n) is 4.17. The number of aromatic nitrogens is 1. The molecule has 2 fully saturated rings. The fourth-order valence-electron chi connectivity index (χ4n) is 3.16. The van der Waals surface area contributed by atoms with Gasteiger partial charge in [0.2, 0.25) is 10.0 Å². The summed E-state index contributed by atoms with van der Waals surface area (Å²) in [5, 5.41) is 0. The van der Waals surface area contributed by atoms with Gasteiger partial charge in [-0.15, -0.1) is 0 Å². The summed E-state index contributed by atoms with van der Waals surface area (Å²) in [6, 6.07) is 1.23. The van der Waals surface area contributed by atoms with Crippen LogP contribution in [0.3, 0.4) is 0 Å². The van der Waals surface area contributed by atoms with Gasteiger partial charge in [0.05, 0.1) is 6.20 Å². The second-order valence-corrected chi connectivity index (χ2v) is 7.44. The van der Waals surface area contributed by atoms with Gasteiger partial charge in [-0.1, -0.05) is 0 Å². The van der Waals surface area contributed by atoms with Crippen molar-refractivity contribution in [3.05, 3.63) is 24.3 Å². The fraction of sp³-hybridized carbons (Fsp3) is 0.615. The lowest BCUT2D eigenvalue weighted by Crippen LogP contribution is -2.56. The largest absolute Gasteiger partial charge is 0.297 e. The van der Waals surface area contributed by atoms with Crippen molar-refractivity contribution < 1.29 is 12.8 Å². The number of halogens is 1. The van der Waals surface area contributed by atoms with E-state index in [4.69, 9.17) is 0 Å². The van der Waals surface area contributed by atoms with Crippen molar-refractivity contribution in [2.45, 2.75) is 36.7 Å². The maximum absolute atomic E-state index is 13.2. The molecule has 0 aliphatic carbocycles. The molecule has 2 aliphatic rings. The molecule has 5 nitrogen and oxygen atoms in total. The zero-order valence-electron chi connectivity index (χ0n) is 11.4. The molecule has 0 saturated carbocycles. The van der Waals surface area contributed by atoms with E-state index in [1.54, 1.807) is 0 Å². The average Bonchev–Trinajstić information content (AvgIpc) is 2.84. The van der Waals surface area contributed by atoms with Crippen LogP contribution in [0.15, 0.2) is 23.4 Å². The lowest BCUT2D eigenvalue weighted by Gasteiger charge is -2.41. The number of hydrogen-bond acceptors (Lipinski definition) is 4. The van der Waals surface area contributed by atoms with Gasteiger partial charge in [0.25, 0.3) is 0 Å². The Bertz CT molecular complexity index is 607. The number of pyridine rings is 1. The average molecular weight is 299 g/mol. The molecule has 2 aliphatic heterocycles. The Morgan fingerprint density at radius 3 is 2.90 bits per heavy atom. The van der Waals surface area contributed by atoms with Gasteiger partial charge in [0.15, 0.2) is 0 Å². The first-order chi connectivity index (χ1) is 9.48. The van der Waals surface area contributed by atoms with Gasteiger partial charge < -0.3 is 0 Å². The van der Waals surface area contributed by atoms with E-state index >= 15 is 0 Å². The van der Waals surface area contributed by atoms with E-state index in [1.165, 1.54) is 10.5 Å². The molecule has 0 N–H and O–H groups in total. The van der Waals surface area contributed by atoms with Crippen LogP contribution in [0.25, 0.3) is 0 Å². The molecule has 0 unspecified atom stereocenters. The van der Waals surface area contributed by atoms with Gasteiger partial charge in [0, 0.05) is 31.4 Å². The molecule has 1 aromatic heterocycles. The minimum atomic E-state index is -3.67. The Labute approximate surface area is 118 Å². The van der Waals surface area contributed by atoms with E-state index in [-0.39, 0.29) is 10.9 Å². The van der Waals surface area contributed by atoms with Crippen molar-refractivity contribution in [1.82, 2.24) is 14.2 Å². The van der Waals surface area contributed by atoms with Crippen LogP contribution >= 0.6 is 0 Å². The van der Waals surface area contributed by atoms with E-state index in [0.29, 0.717) is 12.6 Å². The van der Waals surface area contributed by atoms with Gasteiger partial charge in [-0.25, -0.2) is 12.8 Å². The summed E-state index contributed by atoms with van der Waals surface area (Å²) < 4.78 is 40.0. The predicted octanol–water partition coefficient (Wildman–Crippen LogP) is 1.08. The smallest absolute Gasteiger partial charge is 0.245 e. The Balaban J connectivity index is 1.90. The van der Waals surface area contributed by atoms with Crippen molar-refractivity contribution in [2.24, 2.45) is 0 Å². The van der Waals surface area contributed by atoms with Crippen molar-refractivity contribution in [3.8, 4) is 0 Å². The van der Waals surface area contributed by atoms with Crippen LogP contribution in [-0.2, 0) is 10.0 Å². The molecule has 110 valence electrons. The molecule has 7 heteroatoms. The SMILES string of the molecule is C[C@H]1CN2CCC[C@@H]2CN1S(=O)(=O)c1cncc(F)c1. The zero-order chi connectivity index (χ0) is 14.3. The highest BCUT2D eigenvalue weighted by Crippen LogP contribution is 2.28. The zero-order valence-corrected chi connectivity index (χ0v) is 12.2. The molecule has 0 amide bonds. The number of nitrogens with zero attached hydrogens (tertiary/aromatic N) is 3. The number of sulfonamides is 1. The van der Waals surface area contributed by atoms with Crippen LogP contribution < -0.4 is 0 Å². The van der Waals surface area contributed by atoms with E-state index < -0.39 is 15.8 Å². The van der Waals surface area contributed by atoms with Gasteiger partial charge in [-0.2, -0.15) is 4.31 Å². The summed E-state index contributed by atoms with van der Waals surface area (Å²) in [4.78, 5) is 5.93. The highest BCUT2D eigenvalue weighted by Gasteiger charge is 2.40. The quantitative estimate of drug-likeness (QED) is 0.820. The monoisotopic (exact) mass is 299 g/mol. The molecule has 3 heterocycles. The summed E-state index contributed by atoms with van der Waals surface area (Å²) in [6.45, 7) is 4.18. The minimum Gasteiger partial charge on any atom is -0.297 e. The fourth-order valence-corrected chi connectivity index (χ4v) is 4.80. The Hall–Kier alpha value is -1.05. The van der Waals surface area contributed by atoms with Gasteiger partial charge >= 0.3 is 0 Å². The Morgan fingerprint density at radius 2 is 2.15 bits per heavy atom. The molecule has 20 heavy (non-hydrogen) atoms. The van der Waals surface area contributed by atoms with E-state index in [2.05, 4.69) is 9.88 Å². The summed E-state index contributed by atoms with van der Waals surface area (Å²) in [7, 11) is -3.67. The van der Waals surface area contributed by atoms with Crippen LogP contribution in [0.5, 0.6) is 0 Å². The highest BCUT2D eigenvalue weighted by molar-refractivity contribution is 7.89. The number of rotatable bonds is 2. The third kappa shape index (κ3) is 2.34. The van der Waals surface area contributed by atoms with Crippen LogP contribution in [0, 0.1) is 5.82 Å². The third-order valence-corrected chi connectivity index (χ3v) is 6.11. The summed E-state index contributed by atoms with van der Waals surface area (Å²) in [5.41, 5.74) is 0. The second-order valence-electron chi connectivity index (χ2n) is 5.55. The number of fused-ring (bicyclic) bond motifs is 1. The topological polar surface area (TPSA) is 53.5 Å². The molecular formula is C13H18FN3O2S. The molecule has 2 atom stereocenters. The Morgan fingerprint density at radius 1 is 1.35 bits per heavy atom. The predicted molar refractivity (Wildman–Crippen MR) is 72.1 cm³/mol. The second kappa shape index (κ2) is 5.05. The van der Waals surface area contributed by atoms with E-state index in [0.717, 1.165) is 38.2 Å². The van der Waals surface area contributed by atoms with Crippen molar-refractivity contribution in [3.63, 3.8) is 0 Å². The maximum atomic E-state index is 13.2. The van der Waals surface area contributed by atoms with Crippen LogP contribution in [0.4, 0.5) is 4.39 Å². The number of piperazine rings is 1. The first kappa shape index (κ1) is 13.9. The molecule has 0 aromatic carbocycles. The van der Waals surface area contributed by atoms with Gasteiger partial charge in [0.1, 0.15) is 10.7 Å². The first-order valence-electron chi connectivity index (χ1n) is 6.85. The van der Waals surface area contributed by atoms with E-state index in [9.17, 15) is 12.8 Å². The molecule has 0 spiro atoms. The molecule has 3 rings (SSSR count). The van der Waals surface area contributed by atoms with Gasteiger partial charge in [-0.05, 0) is 32.4 Å². The van der Waals surface area contributed by atoms with E-state index in [1.807, 2.05) is 6.92 Å². The first-order valence-corrected chi connectivity index (χ1v) is 8.29. The highest BCUT2D eigenvalue weighted by atomic mass is 32.2. The lowest BCUT2D eigenvalue weighted by molar-refractivity contribution is 0.117. The Kier molecular flexibility index (Phi) is 3.51. The maximum Gasteiger partial charge on any atom is 0.245 e.